The standard InChI is InChI=1S/C40H41ClN2O8/c1-23-21-39(3,4)43(16-8-11-37(46)49-22-48-24(2)44)33-19-35-30(17-28(23)33)40(29-10-7-6-9-27(29)38(47)51-40)31-18-32(41)34(20-36(31)50-35)42(5)25-12-14-26(45)15-13-25/h6-7,9-10,12-15,17-20,23,30,33,45H,8,11,16,21-22H2,1-5H3. The quantitative estimate of drug-likeness (QED) is 0.144. The molecule has 0 amide bonds. The van der Waals surface area contributed by atoms with Crippen LogP contribution in [0.25, 0.3) is 0 Å². The van der Waals surface area contributed by atoms with E-state index in [2.05, 4.69) is 37.8 Å². The van der Waals surface area contributed by atoms with E-state index in [9.17, 15) is 19.5 Å². The number of esters is 3. The normalized spacial score (nSPS) is 24.1. The number of carbonyl (C=O) groups excluding carboxylic acids is 3. The smallest absolute Gasteiger partial charge is 0.339 e. The Hall–Kier alpha value is -4.80. The van der Waals surface area contributed by atoms with Gasteiger partial charge in [-0.2, -0.15) is 0 Å². The minimum Gasteiger partial charge on any atom is -0.508 e. The summed E-state index contributed by atoms with van der Waals surface area (Å²) in [6.45, 7) is 8.13. The zero-order valence-electron chi connectivity index (χ0n) is 29.3. The molecule has 3 heterocycles. The van der Waals surface area contributed by atoms with Crippen LogP contribution >= 0.6 is 11.6 Å². The first-order chi connectivity index (χ1) is 24.3. The van der Waals surface area contributed by atoms with Crippen LogP contribution in [0.5, 0.6) is 11.5 Å². The third kappa shape index (κ3) is 6.04. The van der Waals surface area contributed by atoms with Crippen LogP contribution in [0.1, 0.15) is 68.4 Å². The number of carbonyl (C=O) groups is 3. The Kier molecular flexibility index (Phi) is 8.88. The molecule has 3 aromatic rings. The lowest BCUT2D eigenvalue weighted by atomic mass is 9.66. The van der Waals surface area contributed by atoms with Gasteiger partial charge in [0.2, 0.25) is 6.79 Å². The van der Waals surface area contributed by atoms with Gasteiger partial charge in [-0.1, -0.05) is 42.8 Å². The maximum atomic E-state index is 13.6. The molecule has 1 fully saturated rings. The van der Waals surface area contributed by atoms with Gasteiger partial charge in [-0.3, -0.25) is 14.5 Å². The summed E-state index contributed by atoms with van der Waals surface area (Å²) in [5.74, 6) is -0.243. The van der Waals surface area contributed by atoms with Crippen LogP contribution < -0.4 is 9.64 Å². The first-order valence-corrected chi connectivity index (χ1v) is 17.5. The number of phenolic OH excluding ortho intramolecular Hbond substituents is 1. The van der Waals surface area contributed by atoms with Gasteiger partial charge in [-0.25, -0.2) is 4.79 Å². The fourth-order valence-corrected chi connectivity index (χ4v) is 8.56. The van der Waals surface area contributed by atoms with Crippen molar-refractivity contribution in [3.63, 3.8) is 0 Å². The summed E-state index contributed by atoms with van der Waals surface area (Å²) in [6, 6.07) is 17.9. The SMILES string of the molecule is CC(=O)OCOC(=O)CCCN1C2C=C3Oc4cc(N(C)c5ccc(O)cc5)c(Cl)cc4C4(OC(=O)c5ccccc54)C3C=C2C(C)CC1(C)C. The molecule has 4 atom stereocenters. The predicted octanol–water partition coefficient (Wildman–Crippen LogP) is 7.39. The number of hydrogen-bond acceptors (Lipinski definition) is 10. The molecule has 3 aliphatic heterocycles. The molecule has 0 aromatic heterocycles. The molecule has 4 unspecified atom stereocenters. The van der Waals surface area contributed by atoms with Gasteiger partial charge in [-0.15, -0.1) is 0 Å². The summed E-state index contributed by atoms with van der Waals surface area (Å²) in [4.78, 5) is 41.4. The highest BCUT2D eigenvalue weighted by atomic mass is 35.5. The van der Waals surface area contributed by atoms with E-state index < -0.39 is 36.2 Å². The van der Waals surface area contributed by atoms with Crippen LogP contribution in [0.15, 0.2) is 84.1 Å². The van der Waals surface area contributed by atoms with E-state index in [0.29, 0.717) is 46.3 Å². The summed E-state index contributed by atoms with van der Waals surface area (Å²) in [6.07, 6.45) is 5.96. The largest absolute Gasteiger partial charge is 0.508 e. The fraction of sp³-hybridized carbons (Fsp3) is 0.375. The number of hydrogen-bond donors (Lipinski definition) is 1. The van der Waals surface area contributed by atoms with Gasteiger partial charge < -0.3 is 29.0 Å². The molecule has 1 spiro atoms. The Morgan fingerprint density at radius 1 is 1.06 bits per heavy atom. The number of halogens is 1. The number of nitrogens with zero attached hydrogens (tertiary/aromatic N) is 2. The predicted molar refractivity (Wildman–Crippen MR) is 191 cm³/mol. The second-order valence-electron chi connectivity index (χ2n) is 14.3. The van der Waals surface area contributed by atoms with Crippen LogP contribution in [0.3, 0.4) is 0 Å². The lowest BCUT2D eigenvalue weighted by Crippen LogP contribution is -2.57. The summed E-state index contributed by atoms with van der Waals surface area (Å²) in [5.41, 5.74) is 3.19. The van der Waals surface area contributed by atoms with Crippen molar-refractivity contribution in [1.82, 2.24) is 4.90 Å². The van der Waals surface area contributed by atoms with Crippen molar-refractivity contribution >= 4 is 40.9 Å². The average Bonchev–Trinajstić information content (AvgIpc) is 3.38. The highest BCUT2D eigenvalue weighted by Crippen LogP contribution is 2.59. The van der Waals surface area contributed by atoms with E-state index in [4.69, 9.17) is 30.5 Å². The Labute approximate surface area is 302 Å². The molecule has 0 bridgehead atoms. The molecular formula is C40H41ClN2O8. The summed E-state index contributed by atoms with van der Waals surface area (Å²) in [7, 11) is 1.89. The molecule has 51 heavy (non-hydrogen) atoms. The molecule has 1 saturated heterocycles. The van der Waals surface area contributed by atoms with Gasteiger partial charge in [0.15, 0.2) is 5.60 Å². The zero-order chi connectivity index (χ0) is 36.2. The number of ether oxygens (including phenoxy) is 4. The summed E-state index contributed by atoms with van der Waals surface area (Å²) < 4.78 is 23.2. The van der Waals surface area contributed by atoms with Gasteiger partial charge in [0.05, 0.1) is 28.2 Å². The fourth-order valence-electron chi connectivity index (χ4n) is 8.27. The number of benzene rings is 3. The molecule has 1 aliphatic carbocycles. The van der Waals surface area contributed by atoms with Gasteiger partial charge in [-0.05, 0) is 80.7 Å². The van der Waals surface area contributed by atoms with Crippen molar-refractivity contribution in [2.24, 2.45) is 11.8 Å². The monoisotopic (exact) mass is 712 g/mol. The molecule has 10 nitrogen and oxygen atoms in total. The lowest BCUT2D eigenvalue weighted by molar-refractivity contribution is -0.165. The summed E-state index contributed by atoms with van der Waals surface area (Å²) >= 11 is 7.06. The lowest BCUT2D eigenvalue weighted by Gasteiger charge is -2.53. The first kappa shape index (κ1) is 34.6. The van der Waals surface area contributed by atoms with Crippen molar-refractivity contribution in [3.05, 3.63) is 106 Å². The second-order valence-corrected chi connectivity index (χ2v) is 14.7. The Balaban J connectivity index is 1.29. The molecule has 0 saturated carbocycles. The number of fused-ring (bicyclic) bond motifs is 7. The van der Waals surface area contributed by atoms with Crippen LogP contribution in [0.4, 0.5) is 11.4 Å². The van der Waals surface area contributed by atoms with Gasteiger partial charge >= 0.3 is 17.9 Å². The van der Waals surface area contributed by atoms with Crippen LogP contribution in [0.2, 0.25) is 5.02 Å². The molecule has 11 heteroatoms. The van der Waals surface area contributed by atoms with E-state index >= 15 is 0 Å². The molecule has 3 aromatic carbocycles. The Bertz CT molecular complexity index is 1970. The van der Waals surface area contributed by atoms with Crippen molar-refractivity contribution in [3.8, 4) is 11.5 Å². The van der Waals surface area contributed by atoms with Gasteiger partial charge in [0.25, 0.3) is 0 Å². The van der Waals surface area contributed by atoms with Crippen molar-refractivity contribution in [2.45, 2.75) is 64.1 Å². The highest BCUT2D eigenvalue weighted by Gasteiger charge is 2.59. The molecular weight excluding hydrogens is 672 g/mol. The van der Waals surface area contributed by atoms with E-state index in [1.165, 1.54) is 12.5 Å². The number of rotatable bonds is 8. The average molecular weight is 713 g/mol. The first-order valence-electron chi connectivity index (χ1n) is 17.2. The molecule has 7 rings (SSSR count). The van der Waals surface area contributed by atoms with Crippen molar-refractivity contribution in [2.75, 3.05) is 25.3 Å². The molecule has 266 valence electrons. The van der Waals surface area contributed by atoms with Gasteiger partial charge in [0.1, 0.15) is 17.3 Å². The maximum Gasteiger partial charge on any atom is 0.339 e. The van der Waals surface area contributed by atoms with E-state index in [1.807, 2.05) is 42.3 Å². The molecule has 4 aliphatic rings. The number of anilines is 2. The summed E-state index contributed by atoms with van der Waals surface area (Å²) in [5, 5.41) is 10.3. The Morgan fingerprint density at radius 2 is 1.80 bits per heavy atom. The van der Waals surface area contributed by atoms with Crippen molar-refractivity contribution in [1.29, 1.82) is 0 Å². The van der Waals surface area contributed by atoms with E-state index in [-0.39, 0.29) is 29.7 Å². The minimum atomic E-state index is -1.21. The minimum absolute atomic E-state index is 0.135. The molecule has 1 N–H and O–H groups in total. The number of likely N-dealkylation sites (tertiary alicyclic amines) is 1. The van der Waals surface area contributed by atoms with Crippen molar-refractivity contribution < 1.29 is 38.4 Å². The Morgan fingerprint density at radius 3 is 2.55 bits per heavy atom. The number of piperidine rings is 1. The zero-order valence-corrected chi connectivity index (χ0v) is 30.0. The second kappa shape index (κ2) is 13.1. The molecule has 0 radical (unpaired) electrons. The number of aromatic hydroxyl groups is 1. The maximum absolute atomic E-state index is 13.6. The third-order valence-corrected chi connectivity index (χ3v) is 10.9. The van der Waals surface area contributed by atoms with Gasteiger partial charge in [0, 0.05) is 55.4 Å². The van der Waals surface area contributed by atoms with Crippen LogP contribution in [-0.2, 0) is 29.4 Å². The number of phenols is 1. The van der Waals surface area contributed by atoms with Crippen LogP contribution in [0, 0.1) is 11.8 Å². The van der Waals surface area contributed by atoms with Crippen LogP contribution in [-0.4, -0.2) is 59.9 Å². The van der Waals surface area contributed by atoms with E-state index in [0.717, 1.165) is 17.7 Å². The topological polar surface area (TPSA) is 115 Å². The highest BCUT2D eigenvalue weighted by molar-refractivity contribution is 6.33. The third-order valence-electron chi connectivity index (χ3n) is 10.6. The van der Waals surface area contributed by atoms with E-state index in [1.54, 1.807) is 30.3 Å².